The van der Waals surface area contributed by atoms with Crippen molar-refractivity contribution in [1.82, 2.24) is 5.32 Å². The quantitative estimate of drug-likeness (QED) is 0.161. The van der Waals surface area contributed by atoms with E-state index in [0.717, 1.165) is 25.8 Å². The largest absolute Gasteiger partial charge is 0.409 e. The third kappa shape index (κ3) is 7.03. The van der Waals surface area contributed by atoms with Gasteiger partial charge in [-0.15, -0.1) is 0 Å². The van der Waals surface area contributed by atoms with E-state index in [1.54, 1.807) is 11.8 Å². The molecule has 0 saturated heterocycles. The molecule has 0 radical (unpaired) electrons. The summed E-state index contributed by atoms with van der Waals surface area (Å²) in [6.45, 7) is 7.18. The number of hydrogen-bond acceptors (Lipinski definition) is 5. The number of aliphatic hydroxyl groups is 1. The molecule has 0 aliphatic rings. The van der Waals surface area contributed by atoms with Crippen molar-refractivity contribution in [2.24, 2.45) is 16.3 Å². The van der Waals surface area contributed by atoms with Crippen molar-refractivity contribution < 1.29 is 10.3 Å². The first-order valence-corrected chi connectivity index (χ1v) is 8.03. The van der Waals surface area contributed by atoms with Crippen molar-refractivity contribution in [2.75, 3.05) is 19.4 Å². The number of thioether (sulfide) groups is 1. The third-order valence-electron chi connectivity index (χ3n) is 3.54. The first-order chi connectivity index (χ1) is 8.88. The van der Waals surface area contributed by atoms with Gasteiger partial charge in [-0.25, -0.2) is 0 Å². The highest BCUT2D eigenvalue weighted by Crippen LogP contribution is 2.23. The Morgan fingerprint density at radius 2 is 2.05 bits per heavy atom. The Hall–Kier alpha value is -0.460. The molecule has 5 N–H and O–H groups in total. The number of rotatable bonds is 10. The van der Waals surface area contributed by atoms with Crippen LogP contribution in [-0.4, -0.2) is 46.8 Å². The van der Waals surface area contributed by atoms with E-state index in [9.17, 15) is 5.11 Å². The molecule has 2 atom stereocenters. The summed E-state index contributed by atoms with van der Waals surface area (Å²) in [5.74, 6) is 0.288. The van der Waals surface area contributed by atoms with Crippen LogP contribution in [0.2, 0.25) is 0 Å². The van der Waals surface area contributed by atoms with E-state index in [1.807, 2.05) is 20.1 Å². The lowest BCUT2D eigenvalue weighted by Gasteiger charge is -2.24. The average Bonchev–Trinajstić information content (AvgIpc) is 2.38. The molecule has 0 saturated carbocycles. The summed E-state index contributed by atoms with van der Waals surface area (Å²) in [4.78, 5) is 0. The van der Waals surface area contributed by atoms with Gasteiger partial charge in [-0.2, -0.15) is 11.8 Å². The third-order valence-corrected chi connectivity index (χ3v) is 4.70. The number of aliphatic hydroxyl groups excluding tert-OH is 1. The summed E-state index contributed by atoms with van der Waals surface area (Å²) < 4.78 is 0. The molecule has 0 aliphatic heterocycles. The lowest BCUT2D eigenvalue weighted by molar-refractivity contribution is 0.275. The number of nitrogens with one attached hydrogen (secondary N) is 1. The standard InChI is InChI=1S/C13H29N3O2S/c1-10(11(9-17)19-4)15-8-6-5-7-13(2,3)12(14)16-18/h10-11,15,17-18H,5-9H2,1-4H3,(H2,14,16). The number of hydrogen-bond donors (Lipinski definition) is 4. The SMILES string of the molecule is CSC(CO)C(C)NCCCCC(C)(C)C(N)=NO. The van der Waals surface area contributed by atoms with Crippen LogP contribution in [0.1, 0.15) is 40.0 Å². The zero-order valence-electron chi connectivity index (χ0n) is 12.5. The van der Waals surface area contributed by atoms with Gasteiger partial charge in [0.25, 0.3) is 0 Å². The van der Waals surface area contributed by atoms with Crippen LogP contribution >= 0.6 is 11.8 Å². The maximum absolute atomic E-state index is 9.18. The van der Waals surface area contributed by atoms with Crippen LogP contribution in [-0.2, 0) is 0 Å². The average molecular weight is 291 g/mol. The van der Waals surface area contributed by atoms with E-state index < -0.39 is 0 Å². The van der Waals surface area contributed by atoms with Crippen LogP contribution in [0.4, 0.5) is 0 Å². The van der Waals surface area contributed by atoms with Gasteiger partial charge in [0.05, 0.1) is 6.61 Å². The van der Waals surface area contributed by atoms with E-state index in [2.05, 4.69) is 17.4 Å². The van der Waals surface area contributed by atoms with Crippen molar-refractivity contribution in [3.05, 3.63) is 0 Å². The Morgan fingerprint density at radius 1 is 1.42 bits per heavy atom. The van der Waals surface area contributed by atoms with Crippen LogP contribution < -0.4 is 11.1 Å². The molecule has 5 nitrogen and oxygen atoms in total. The molecule has 0 rings (SSSR count). The summed E-state index contributed by atoms with van der Waals surface area (Å²) in [6.07, 6.45) is 4.97. The predicted molar refractivity (Wildman–Crippen MR) is 82.9 cm³/mol. The topological polar surface area (TPSA) is 90.9 Å². The first kappa shape index (κ1) is 18.5. The Balaban J connectivity index is 3.82. The zero-order valence-corrected chi connectivity index (χ0v) is 13.3. The van der Waals surface area contributed by atoms with Gasteiger partial charge in [-0.1, -0.05) is 25.4 Å². The Kier molecular flexibility index (Phi) is 9.22. The minimum Gasteiger partial charge on any atom is -0.409 e. The number of amidine groups is 1. The molecule has 6 heteroatoms. The first-order valence-electron chi connectivity index (χ1n) is 6.74. The van der Waals surface area contributed by atoms with Gasteiger partial charge < -0.3 is 21.4 Å². The highest BCUT2D eigenvalue weighted by Gasteiger charge is 2.22. The monoisotopic (exact) mass is 291 g/mol. The van der Waals surface area contributed by atoms with Crippen LogP contribution in [0.5, 0.6) is 0 Å². The number of unbranched alkanes of at least 4 members (excludes halogenated alkanes) is 1. The second-order valence-corrected chi connectivity index (χ2v) is 6.60. The smallest absolute Gasteiger partial charge is 0.144 e. The number of nitrogens with two attached hydrogens (primary N) is 1. The molecule has 0 heterocycles. The summed E-state index contributed by atoms with van der Waals surface area (Å²) >= 11 is 1.68. The van der Waals surface area contributed by atoms with Crippen LogP contribution in [0.25, 0.3) is 0 Å². The van der Waals surface area contributed by atoms with Gasteiger partial charge in [0, 0.05) is 16.7 Å². The minimum atomic E-state index is -0.257. The molecule has 0 aromatic heterocycles. The fourth-order valence-electron chi connectivity index (χ4n) is 1.85. The van der Waals surface area contributed by atoms with E-state index in [0.29, 0.717) is 6.04 Å². The maximum atomic E-state index is 9.18. The molecule has 0 amide bonds. The lowest BCUT2D eigenvalue weighted by atomic mass is 9.86. The molecular weight excluding hydrogens is 262 g/mol. The summed E-state index contributed by atoms with van der Waals surface area (Å²) in [5, 5.41) is 24.6. The van der Waals surface area contributed by atoms with Gasteiger partial charge in [-0.3, -0.25) is 0 Å². The minimum absolute atomic E-state index is 0.200. The molecule has 0 aromatic carbocycles. The Bertz CT molecular complexity index is 269. The maximum Gasteiger partial charge on any atom is 0.144 e. The Labute approximate surface area is 121 Å². The fraction of sp³-hybridized carbons (Fsp3) is 0.923. The molecule has 19 heavy (non-hydrogen) atoms. The second-order valence-electron chi connectivity index (χ2n) is 5.53. The fourth-order valence-corrected chi connectivity index (χ4v) is 2.51. The molecule has 2 unspecified atom stereocenters. The van der Waals surface area contributed by atoms with Crippen LogP contribution in [0.15, 0.2) is 5.16 Å². The lowest BCUT2D eigenvalue weighted by Crippen LogP contribution is -2.38. The Morgan fingerprint density at radius 3 is 2.53 bits per heavy atom. The van der Waals surface area contributed by atoms with Crippen LogP contribution in [0, 0.1) is 5.41 Å². The van der Waals surface area contributed by atoms with Gasteiger partial charge in [0.1, 0.15) is 5.84 Å². The van der Waals surface area contributed by atoms with E-state index in [-0.39, 0.29) is 23.1 Å². The molecular formula is C13H29N3O2S. The van der Waals surface area contributed by atoms with Gasteiger partial charge in [0.2, 0.25) is 0 Å². The van der Waals surface area contributed by atoms with E-state index >= 15 is 0 Å². The predicted octanol–water partition coefficient (Wildman–Crippen LogP) is 1.63. The number of oxime groups is 1. The van der Waals surface area contributed by atoms with Crippen molar-refractivity contribution in [2.45, 2.75) is 51.3 Å². The van der Waals surface area contributed by atoms with Gasteiger partial charge in [0.15, 0.2) is 0 Å². The summed E-state index contributed by atoms with van der Waals surface area (Å²) in [5.41, 5.74) is 5.39. The molecule has 0 bridgehead atoms. The van der Waals surface area contributed by atoms with Crippen LogP contribution in [0.3, 0.4) is 0 Å². The van der Waals surface area contributed by atoms with Crippen molar-refractivity contribution in [1.29, 1.82) is 0 Å². The molecule has 0 spiro atoms. The highest BCUT2D eigenvalue weighted by molar-refractivity contribution is 7.99. The molecule has 114 valence electrons. The molecule has 0 aliphatic carbocycles. The second kappa shape index (κ2) is 9.44. The summed E-state index contributed by atoms with van der Waals surface area (Å²) in [7, 11) is 0. The van der Waals surface area contributed by atoms with Gasteiger partial charge in [-0.05, 0) is 32.6 Å². The van der Waals surface area contributed by atoms with Gasteiger partial charge >= 0.3 is 0 Å². The molecule has 0 fully saturated rings. The zero-order chi connectivity index (χ0) is 14.9. The van der Waals surface area contributed by atoms with Crippen molar-refractivity contribution >= 4 is 17.6 Å². The normalized spacial score (nSPS) is 16.4. The van der Waals surface area contributed by atoms with E-state index in [1.165, 1.54) is 0 Å². The summed E-state index contributed by atoms with van der Waals surface area (Å²) in [6, 6.07) is 0.303. The molecule has 0 aromatic rings. The van der Waals surface area contributed by atoms with E-state index in [4.69, 9.17) is 10.9 Å². The van der Waals surface area contributed by atoms with Crippen molar-refractivity contribution in [3.8, 4) is 0 Å². The number of nitrogens with zero attached hydrogens (tertiary/aromatic N) is 1. The highest BCUT2D eigenvalue weighted by atomic mass is 32.2. The van der Waals surface area contributed by atoms with Crippen molar-refractivity contribution in [3.63, 3.8) is 0 Å².